The van der Waals surface area contributed by atoms with Crippen LogP contribution in [0, 0.1) is 5.82 Å². The molecule has 0 bridgehead atoms. The fraction of sp³-hybridized carbons (Fsp3) is 0.241. The Labute approximate surface area is 249 Å². The van der Waals surface area contributed by atoms with E-state index in [9.17, 15) is 28.0 Å². The first-order chi connectivity index (χ1) is 20.6. The molecule has 0 aliphatic carbocycles. The van der Waals surface area contributed by atoms with Crippen molar-refractivity contribution in [2.45, 2.75) is 38.6 Å². The van der Waals surface area contributed by atoms with Crippen molar-refractivity contribution >= 4 is 57.5 Å². The minimum atomic E-state index is -1.42. The van der Waals surface area contributed by atoms with Gasteiger partial charge in [-0.1, -0.05) is 23.7 Å². The zero-order valence-corrected chi connectivity index (χ0v) is 23.6. The van der Waals surface area contributed by atoms with Gasteiger partial charge in [-0.3, -0.25) is 14.4 Å². The highest BCUT2D eigenvalue weighted by molar-refractivity contribution is 6.30. The second kappa shape index (κ2) is 12.5. The molecule has 4 aromatic rings. The van der Waals surface area contributed by atoms with E-state index < -0.39 is 35.9 Å². The molecule has 2 unspecified atom stereocenters. The van der Waals surface area contributed by atoms with Crippen LogP contribution in [0.15, 0.2) is 61.3 Å². The molecule has 0 radical (unpaired) electrons. The molecule has 3 heterocycles. The van der Waals surface area contributed by atoms with Crippen LogP contribution in [-0.2, 0) is 22.7 Å². The van der Waals surface area contributed by atoms with Crippen LogP contribution in [0.5, 0.6) is 0 Å². The van der Waals surface area contributed by atoms with Gasteiger partial charge in [-0.05, 0) is 31.2 Å². The number of hydrogen-bond donors (Lipinski definition) is 3. The number of amides is 4. The smallest absolute Gasteiger partial charge is 0.323 e. The average molecular weight is 610 g/mol. The lowest BCUT2D eigenvalue weighted by molar-refractivity contribution is -0.139. The molecular formula is C29H26ClF2N7O4. The SMILES string of the molecule is CC(=O)c1cn(CC(=O)N2CC(F)CC2C(=O)NCc2cccc(Cl)c2F)c2ccc(NC(=O)Nc3cncnc3)cc12. The molecule has 4 amide bonds. The van der Waals surface area contributed by atoms with Gasteiger partial charge < -0.3 is 25.4 Å². The molecule has 222 valence electrons. The Morgan fingerprint density at radius 2 is 1.81 bits per heavy atom. The Bertz CT molecular complexity index is 1720. The Hall–Kier alpha value is -4.91. The van der Waals surface area contributed by atoms with Crippen molar-refractivity contribution in [3.8, 4) is 0 Å². The van der Waals surface area contributed by atoms with E-state index in [1.54, 1.807) is 28.8 Å². The maximum Gasteiger partial charge on any atom is 0.323 e. The van der Waals surface area contributed by atoms with Crippen molar-refractivity contribution in [3.05, 3.63) is 83.3 Å². The molecule has 2 aromatic carbocycles. The van der Waals surface area contributed by atoms with E-state index in [2.05, 4.69) is 25.9 Å². The topological polar surface area (TPSA) is 138 Å². The first kappa shape index (κ1) is 29.6. The Morgan fingerprint density at radius 1 is 1.07 bits per heavy atom. The van der Waals surface area contributed by atoms with Crippen molar-refractivity contribution in [1.82, 2.24) is 24.8 Å². The minimum absolute atomic E-state index is 0.0921. The number of fused-ring (bicyclic) bond motifs is 1. The summed E-state index contributed by atoms with van der Waals surface area (Å²) in [6.07, 6.45) is 4.08. The fourth-order valence-electron chi connectivity index (χ4n) is 4.97. The predicted octanol–water partition coefficient (Wildman–Crippen LogP) is 4.33. The molecule has 11 nitrogen and oxygen atoms in total. The summed E-state index contributed by atoms with van der Waals surface area (Å²) in [4.78, 5) is 60.0. The van der Waals surface area contributed by atoms with Crippen LogP contribution < -0.4 is 16.0 Å². The number of aromatic nitrogens is 3. The van der Waals surface area contributed by atoms with E-state index in [1.165, 1.54) is 44.0 Å². The predicted molar refractivity (Wildman–Crippen MR) is 155 cm³/mol. The third-order valence-corrected chi connectivity index (χ3v) is 7.29. The molecular weight excluding hydrogens is 584 g/mol. The van der Waals surface area contributed by atoms with E-state index in [4.69, 9.17) is 11.6 Å². The number of rotatable bonds is 8. The van der Waals surface area contributed by atoms with Crippen molar-refractivity contribution < 1.29 is 28.0 Å². The van der Waals surface area contributed by atoms with Crippen LogP contribution in [0.25, 0.3) is 10.9 Å². The number of benzene rings is 2. The van der Waals surface area contributed by atoms with E-state index in [0.717, 1.165) is 4.90 Å². The molecule has 1 fully saturated rings. The monoisotopic (exact) mass is 609 g/mol. The Kier molecular flexibility index (Phi) is 8.62. The lowest BCUT2D eigenvalue weighted by Crippen LogP contribution is -2.46. The van der Waals surface area contributed by atoms with Gasteiger partial charge in [-0.15, -0.1) is 0 Å². The third-order valence-electron chi connectivity index (χ3n) is 7.00. The van der Waals surface area contributed by atoms with Crippen molar-refractivity contribution in [2.24, 2.45) is 0 Å². The van der Waals surface area contributed by atoms with Crippen molar-refractivity contribution in [3.63, 3.8) is 0 Å². The van der Waals surface area contributed by atoms with Gasteiger partial charge in [0.1, 0.15) is 30.9 Å². The number of hydrogen-bond acceptors (Lipinski definition) is 6. The number of ketones is 1. The quantitative estimate of drug-likeness (QED) is 0.254. The van der Waals surface area contributed by atoms with Gasteiger partial charge in [0.25, 0.3) is 0 Å². The molecule has 14 heteroatoms. The summed E-state index contributed by atoms with van der Waals surface area (Å²) in [5.41, 5.74) is 1.77. The highest BCUT2D eigenvalue weighted by Gasteiger charge is 2.39. The maximum absolute atomic E-state index is 14.5. The van der Waals surface area contributed by atoms with E-state index in [-0.39, 0.29) is 42.4 Å². The van der Waals surface area contributed by atoms with Gasteiger partial charge in [0.05, 0.1) is 29.6 Å². The zero-order valence-electron chi connectivity index (χ0n) is 22.8. The van der Waals surface area contributed by atoms with Gasteiger partial charge >= 0.3 is 6.03 Å². The van der Waals surface area contributed by atoms with E-state index in [0.29, 0.717) is 27.8 Å². The summed E-state index contributed by atoms with van der Waals surface area (Å²) < 4.78 is 30.2. The van der Waals surface area contributed by atoms with Gasteiger partial charge in [0.2, 0.25) is 11.8 Å². The van der Waals surface area contributed by atoms with Gasteiger partial charge in [-0.25, -0.2) is 23.5 Å². The van der Waals surface area contributed by atoms with E-state index in [1.807, 2.05) is 0 Å². The normalized spacial score (nSPS) is 16.2. The summed E-state index contributed by atoms with van der Waals surface area (Å²) in [6, 6.07) is 7.59. The van der Waals surface area contributed by atoms with Gasteiger partial charge in [0, 0.05) is 46.9 Å². The zero-order chi connectivity index (χ0) is 30.7. The van der Waals surface area contributed by atoms with Crippen LogP contribution >= 0.6 is 11.6 Å². The molecule has 2 atom stereocenters. The average Bonchev–Trinajstić information content (AvgIpc) is 3.54. The summed E-state index contributed by atoms with van der Waals surface area (Å²) in [7, 11) is 0. The summed E-state index contributed by atoms with van der Waals surface area (Å²) in [5.74, 6) is -2.09. The molecule has 2 aromatic heterocycles. The molecule has 1 aliphatic rings. The van der Waals surface area contributed by atoms with E-state index >= 15 is 0 Å². The number of anilines is 2. The number of nitrogens with one attached hydrogen (secondary N) is 3. The highest BCUT2D eigenvalue weighted by atomic mass is 35.5. The van der Waals surface area contributed by atoms with Crippen LogP contribution in [0.3, 0.4) is 0 Å². The third kappa shape index (κ3) is 6.61. The molecule has 0 spiro atoms. The summed E-state index contributed by atoms with van der Waals surface area (Å²) >= 11 is 5.80. The number of Topliss-reactive ketones (excluding diaryl/α,β-unsaturated/α-hetero) is 1. The lowest BCUT2D eigenvalue weighted by Gasteiger charge is -2.24. The molecule has 1 aliphatic heterocycles. The summed E-state index contributed by atoms with van der Waals surface area (Å²) in [6.45, 7) is 0.639. The minimum Gasteiger partial charge on any atom is -0.350 e. The van der Waals surface area contributed by atoms with Crippen LogP contribution in [0.2, 0.25) is 5.02 Å². The largest absolute Gasteiger partial charge is 0.350 e. The van der Waals surface area contributed by atoms with Crippen LogP contribution in [0.4, 0.5) is 25.0 Å². The molecule has 5 rings (SSSR count). The Balaban J connectivity index is 1.31. The molecule has 3 N–H and O–H groups in total. The number of carbonyl (C=O) groups is 4. The first-order valence-corrected chi connectivity index (χ1v) is 13.6. The van der Waals surface area contributed by atoms with Crippen LogP contribution in [0.1, 0.15) is 29.3 Å². The molecule has 1 saturated heterocycles. The van der Waals surface area contributed by atoms with Gasteiger partial charge in [-0.2, -0.15) is 0 Å². The number of likely N-dealkylation sites (tertiary alicyclic amines) is 1. The van der Waals surface area contributed by atoms with Crippen molar-refractivity contribution in [2.75, 3.05) is 17.2 Å². The first-order valence-electron chi connectivity index (χ1n) is 13.2. The van der Waals surface area contributed by atoms with Gasteiger partial charge in [0.15, 0.2) is 5.78 Å². The number of halogens is 3. The second-order valence-electron chi connectivity index (χ2n) is 9.99. The number of carbonyl (C=O) groups excluding carboxylic acids is 4. The van der Waals surface area contributed by atoms with Crippen molar-refractivity contribution in [1.29, 1.82) is 0 Å². The van der Waals surface area contributed by atoms with Crippen LogP contribution in [-0.4, -0.2) is 61.8 Å². The number of alkyl halides is 1. The summed E-state index contributed by atoms with van der Waals surface area (Å²) in [5, 5.41) is 8.24. The maximum atomic E-state index is 14.5. The molecule has 0 saturated carbocycles. The standard InChI is InChI=1S/C29H26ClF2N7O4/c1-16(40)22-13-38(24-6-5-19(8-21(22)24)36-29(43)37-20-10-33-15-34-11-20)14-26(41)39-12-18(31)7-25(39)28(42)35-9-17-3-2-4-23(30)27(17)32/h2-6,8,10-11,13,15,18,25H,7,9,12,14H2,1H3,(H,35,42)(H2,36,37,43). The number of nitrogens with zero attached hydrogens (tertiary/aromatic N) is 4. The Morgan fingerprint density at radius 3 is 2.56 bits per heavy atom. The number of urea groups is 1. The molecule has 43 heavy (non-hydrogen) atoms. The highest BCUT2D eigenvalue weighted by Crippen LogP contribution is 2.27. The lowest BCUT2D eigenvalue weighted by atomic mass is 10.1. The fourth-order valence-corrected chi connectivity index (χ4v) is 5.17. The second-order valence-corrected chi connectivity index (χ2v) is 10.4.